The van der Waals surface area contributed by atoms with Gasteiger partial charge < -0.3 is 5.73 Å². The van der Waals surface area contributed by atoms with Crippen LogP contribution in [0.5, 0.6) is 0 Å². The summed E-state index contributed by atoms with van der Waals surface area (Å²) < 4.78 is 0. The average molecular weight is 224 g/mol. The van der Waals surface area contributed by atoms with Crippen molar-refractivity contribution in [3.8, 4) is 0 Å². The van der Waals surface area contributed by atoms with Gasteiger partial charge in [-0.15, -0.1) is 0 Å². The lowest BCUT2D eigenvalue weighted by atomic mass is 9.84. The molecule has 2 rings (SSSR count). The fourth-order valence-electron chi connectivity index (χ4n) is 3.35. The van der Waals surface area contributed by atoms with Gasteiger partial charge in [0.15, 0.2) is 0 Å². The summed E-state index contributed by atoms with van der Waals surface area (Å²) in [5, 5.41) is 0. The zero-order chi connectivity index (χ0) is 11.9. The van der Waals surface area contributed by atoms with E-state index in [0.29, 0.717) is 6.04 Å². The standard InChI is InChI=1S/C14H28N2/c1-10-7-11(2)12(3)16(8-10)9-14(4,15)13-5-6-13/h10-13H,5-9,15H2,1-4H3. The van der Waals surface area contributed by atoms with Gasteiger partial charge in [-0.2, -0.15) is 0 Å². The highest BCUT2D eigenvalue weighted by Crippen LogP contribution is 2.39. The van der Waals surface area contributed by atoms with E-state index in [9.17, 15) is 0 Å². The van der Waals surface area contributed by atoms with E-state index >= 15 is 0 Å². The molecule has 1 saturated heterocycles. The molecule has 0 radical (unpaired) electrons. The minimum Gasteiger partial charge on any atom is -0.324 e. The lowest BCUT2D eigenvalue weighted by molar-refractivity contribution is 0.0570. The molecule has 2 heteroatoms. The Balaban J connectivity index is 1.96. The first kappa shape index (κ1) is 12.4. The van der Waals surface area contributed by atoms with Crippen LogP contribution in [0.1, 0.15) is 47.0 Å². The van der Waals surface area contributed by atoms with E-state index in [1.807, 2.05) is 0 Å². The quantitative estimate of drug-likeness (QED) is 0.798. The molecule has 2 nitrogen and oxygen atoms in total. The summed E-state index contributed by atoms with van der Waals surface area (Å²) in [5.74, 6) is 2.44. The number of hydrogen-bond acceptors (Lipinski definition) is 2. The maximum absolute atomic E-state index is 6.46. The van der Waals surface area contributed by atoms with Gasteiger partial charge in [-0.25, -0.2) is 0 Å². The highest BCUT2D eigenvalue weighted by atomic mass is 15.2. The van der Waals surface area contributed by atoms with Gasteiger partial charge in [0.1, 0.15) is 0 Å². The van der Waals surface area contributed by atoms with Crippen LogP contribution in [0, 0.1) is 17.8 Å². The molecule has 0 aromatic carbocycles. The largest absolute Gasteiger partial charge is 0.324 e. The van der Waals surface area contributed by atoms with Crippen molar-refractivity contribution in [1.82, 2.24) is 4.90 Å². The second kappa shape index (κ2) is 4.30. The van der Waals surface area contributed by atoms with E-state index in [-0.39, 0.29) is 5.54 Å². The summed E-state index contributed by atoms with van der Waals surface area (Å²) >= 11 is 0. The van der Waals surface area contributed by atoms with Crippen LogP contribution < -0.4 is 5.73 Å². The smallest absolute Gasteiger partial charge is 0.0283 e. The van der Waals surface area contributed by atoms with Gasteiger partial charge in [0.25, 0.3) is 0 Å². The van der Waals surface area contributed by atoms with Crippen molar-refractivity contribution < 1.29 is 0 Å². The number of nitrogens with two attached hydrogens (primary N) is 1. The lowest BCUT2D eigenvalue weighted by Gasteiger charge is -2.44. The Labute approximate surface area is 101 Å². The first-order chi connectivity index (χ1) is 7.40. The molecule has 0 spiro atoms. The fourth-order valence-corrected chi connectivity index (χ4v) is 3.35. The Kier molecular flexibility index (Phi) is 3.33. The van der Waals surface area contributed by atoms with Crippen LogP contribution in [-0.4, -0.2) is 29.6 Å². The molecule has 16 heavy (non-hydrogen) atoms. The van der Waals surface area contributed by atoms with E-state index in [4.69, 9.17) is 5.73 Å². The molecule has 1 aliphatic heterocycles. The van der Waals surface area contributed by atoms with Crippen molar-refractivity contribution in [2.75, 3.05) is 13.1 Å². The molecular formula is C14H28N2. The van der Waals surface area contributed by atoms with Crippen LogP contribution in [-0.2, 0) is 0 Å². The Morgan fingerprint density at radius 3 is 2.44 bits per heavy atom. The third-order valence-electron chi connectivity index (χ3n) is 4.77. The van der Waals surface area contributed by atoms with Crippen LogP contribution in [0.2, 0.25) is 0 Å². The van der Waals surface area contributed by atoms with Crippen LogP contribution in [0.3, 0.4) is 0 Å². The SMILES string of the molecule is CC1CC(C)C(C)N(CC(C)(N)C2CC2)C1. The number of rotatable bonds is 3. The van der Waals surface area contributed by atoms with Crippen LogP contribution in [0.25, 0.3) is 0 Å². The monoisotopic (exact) mass is 224 g/mol. The molecule has 1 heterocycles. The number of nitrogens with zero attached hydrogens (tertiary/aromatic N) is 1. The topological polar surface area (TPSA) is 29.3 Å². The molecule has 2 fully saturated rings. The third-order valence-corrected chi connectivity index (χ3v) is 4.77. The maximum Gasteiger partial charge on any atom is 0.0283 e. The molecule has 0 aromatic heterocycles. The summed E-state index contributed by atoms with van der Waals surface area (Å²) in [6, 6.07) is 0.706. The van der Waals surface area contributed by atoms with Crippen molar-refractivity contribution in [1.29, 1.82) is 0 Å². The van der Waals surface area contributed by atoms with E-state index in [1.165, 1.54) is 25.8 Å². The Morgan fingerprint density at radius 1 is 1.25 bits per heavy atom. The van der Waals surface area contributed by atoms with Gasteiger partial charge in [-0.3, -0.25) is 4.90 Å². The molecular weight excluding hydrogens is 196 g/mol. The molecule has 2 aliphatic rings. The van der Waals surface area contributed by atoms with E-state index in [0.717, 1.165) is 24.3 Å². The summed E-state index contributed by atoms with van der Waals surface area (Å²) in [5.41, 5.74) is 6.51. The van der Waals surface area contributed by atoms with Crippen molar-refractivity contribution in [2.24, 2.45) is 23.5 Å². The number of piperidine rings is 1. The third kappa shape index (κ3) is 2.60. The number of hydrogen-bond donors (Lipinski definition) is 1. The molecule has 2 N–H and O–H groups in total. The normalized spacial score (nSPS) is 40.7. The van der Waals surface area contributed by atoms with Crippen LogP contribution in [0.15, 0.2) is 0 Å². The Bertz CT molecular complexity index is 245. The first-order valence-electron chi connectivity index (χ1n) is 6.93. The molecule has 1 saturated carbocycles. The average Bonchev–Trinajstić information content (AvgIpc) is 2.95. The second-order valence-electron chi connectivity index (χ2n) is 6.77. The van der Waals surface area contributed by atoms with E-state index < -0.39 is 0 Å². The molecule has 1 aliphatic carbocycles. The summed E-state index contributed by atoms with van der Waals surface area (Å²) in [7, 11) is 0. The molecule has 0 amide bonds. The van der Waals surface area contributed by atoms with E-state index in [2.05, 4.69) is 32.6 Å². The summed E-state index contributed by atoms with van der Waals surface area (Å²) in [6.07, 6.45) is 4.07. The Hall–Kier alpha value is -0.0800. The predicted molar refractivity (Wildman–Crippen MR) is 69.3 cm³/mol. The van der Waals surface area contributed by atoms with E-state index in [1.54, 1.807) is 0 Å². The zero-order valence-corrected chi connectivity index (χ0v) is 11.4. The molecule has 4 atom stereocenters. The molecule has 4 unspecified atom stereocenters. The van der Waals surface area contributed by atoms with Crippen molar-refractivity contribution in [3.05, 3.63) is 0 Å². The lowest BCUT2D eigenvalue weighted by Crippen LogP contribution is -2.56. The Morgan fingerprint density at radius 2 is 1.88 bits per heavy atom. The van der Waals surface area contributed by atoms with Crippen molar-refractivity contribution >= 4 is 0 Å². The first-order valence-corrected chi connectivity index (χ1v) is 6.93. The maximum atomic E-state index is 6.46. The summed E-state index contributed by atoms with van der Waals surface area (Å²) in [4.78, 5) is 2.64. The predicted octanol–water partition coefficient (Wildman–Crippen LogP) is 2.48. The highest BCUT2D eigenvalue weighted by molar-refractivity contribution is 4.99. The fraction of sp³-hybridized carbons (Fsp3) is 1.00. The van der Waals surface area contributed by atoms with Crippen LogP contribution >= 0.6 is 0 Å². The van der Waals surface area contributed by atoms with Crippen LogP contribution in [0.4, 0.5) is 0 Å². The van der Waals surface area contributed by atoms with Crippen molar-refractivity contribution in [2.45, 2.75) is 58.5 Å². The molecule has 0 aromatic rings. The minimum atomic E-state index is 0.0467. The van der Waals surface area contributed by atoms with Gasteiger partial charge in [-0.05, 0) is 50.9 Å². The van der Waals surface area contributed by atoms with Gasteiger partial charge >= 0.3 is 0 Å². The van der Waals surface area contributed by atoms with Gasteiger partial charge in [0.05, 0.1) is 0 Å². The minimum absolute atomic E-state index is 0.0467. The van der Waals surface area contributed by atoms with Gasteiger partial charge in [0.2, 0.25) is 0 Å². The zero-order valence-electron chi connectivity index (χ0n) is 11.4. The molecule has 94 valence electrons. The highest BCUT2D eigenvalue weighted by Gasteiger charge is 2.41. The van der Waals surface area contributed by atoms with Gasteiger partial charge in [0, 0.05) is 24.7 Å². The second-order valence-corrected chi connectivity index (χ2v) is 6.77. The molecule has 0 bridgehead atoms. The van der Waals surface area contributed by atoms with Crippen molar-refractivity contribution in [3.63, 3.8) is 0 Å². The van der Waals surface area contributed by atoms with Gasteiger partial charge in [-0.1, -0.05) is 13.8 Å². The summed E-state index contributed by atoms with van der Waals surface area (Å²) in [6.45, 7) is 11.7. The number of likely N-dealkylation sites (tertiary alicyclic amines) is 1.